The molecule has 0 radical (unpaired) electrons. The molecule has 162 valence electrons. The van der Waals surface area contributed by atoms with Gasteiger partial charge in [0.1, 0.15) is 6.54 Å². The van der Waals surface area contributed by atoms with Gasteiger partial charge in [0.05, 0.1) is 22.0 Å². The molecule has 0 bridgehead atoms. The quantitative estimate of drug-likeness (QED) is 0.599. The molecule has 3 rings (SSSR count). The number of hydrogen-bond acceptors (Lipinski definition) is 3. The van der Waals surface area contributed by atoms with Crippen LogP contribution in [0, 0.1) is 20.8 Å². The number of halogens is 4. The zero-order chi connectivity index (χ0) is 22.9. The maximum Gasteiger partial charge on any atom is 0.416 e. The smallest absolute Gasteiger partial charge is 0.323 e. The van der Waals surface area contributed by atoms with E-state index in [9.17, 15) is 22.8 Å². The number of carbonyl (C=O) groups is 1. The normalized spacial score (nSPS) is 11.5. The molecule has 0 fully saturated rings. The standard InChI is InChI=1S/C22H19ClF3N3O2/c1-12-8-14(3)16(9-13(12)2)18-6-7-21(31)29(28-18)11-20(30)27-19-10-15(22(24,25)26)4-5-17(19)23/h4-10H,11H2,1-3H3,(H,27,30). The summed E-state index contributed by atoms with van der Waals surface area (Å²) >= 11 is 5.91. The second-order valence-electron chi connectivity index (χ2n) is 7.21. The number of amides is 1. The lowest BCUT2D eigenvalue weighted by Gasteiger charge is -2.13. The van der Waals surface area contributed by atoms with E-state index in [1.54, 1.807) is 6.07 Å². The van der Waals surface area contributed by atoms with Crippen LogP contribution in [0.5, 0.6) is 0 Å². The maximum absolute atomic E-state index is 12.9. The summed E-state index contributed by atoms with van der Waals surface area (Å²) in [6, 6.07) is 9.42. The van der Waals surface area contributed by atoms with Crippen LogP contribution in [-0.4, -0.2) is 15.7 Å². The van der Waals surface area contributed by atoms with E-state index in [0.29, 0.717) is 5.69 Å². The van der Waals surface area contributed by atoms with Crippen molar-refractivity contribution in [3.05, 3.63) is 80.1 Å². The van der Waals surface area contributed by atoms with Crippen LogP contribution in [0.4, 0.5) is 18.9 Å². The average Bonchev–Trinajstić information content (AvgIpc) is 2.67. The molecule has 0 spiro atoms. The zero-order valence-electron chi connectivity index (χ0n) is 17.0. The Kier molecular flexibility index (Phi) is 6.22. The van der Waals surface area contributed by atoms with Crippen LogP contribution in [0.25, 0.3) is 11.3 Å². The molecule has 1 aromatic heterocycles. The molecule has 3 aromatic rings. The van der Waals surface area contributed by atoms with E-state index < -0.39 is 29.8 Å². The number of aromatic nitrogens is 2. The fourth-order valence-electron chi connectivity index (χ4n) is 3.07. The van der Waals surface area contributed by atoms with Gasteiger partial charge in [0, 0.05) is 11.6 Å². The van der Waals surface area contributed by atoms with Crippen molar-refractivity contribution in [2.75, 3.05) is 5.32 Å². The fourth-order valence-corrected chi connectivity index (χ4v) is 3.23. The van der Waals surface area contributed by atoms with Crippen LogP contribution in [-0.2, 0) is 17.5 Å². The number of benzene rings is 2. The highest BCUT2D eigenvalue weighted by molar-refractivity contribution is 6.33. The molecule has 0 saturated heterocycles. The van der Waals surface area contributed by atoms with E-state index in [1.165, 1.54) is 6.07 Å². The van der Waals surface area contributed by atoms with Crippen LogP contribution in [0.1, 0.15) is 22.3 Å². The summed E-state index contributed by atoms with van der Waals surface area (Å²) in [6.07, 6.45) is -4.58. The lowest BCUT2D eigenvalue weighted by atomic mass is 9.99. The van der Waals surface area contributed by atoms with Crippen molar-refractivity contribution in [3.8, 4) is 11.3 Å². The van der Waals surface area contributed by atoms with Gasteiger partial charge >= 0.3 is 6.18 Å². The third-order valence-electron chi connectivity index (χ3n) is 4.84. The minimum absolute atomic E-state index is 0.0545. The minimum atomic E-state index is -4.58. The molecule has 5 nitrogen and oxygen atoms in total. The number of carbonyl (C=O) groups excluding carboxylic acids is 1. The first-order valence-electron chi connectivity index (χ1n) is 9.28. The Morgan fingerprint density at radius 1 is 1.03 bits per heavy atom. The summed E-state index contributed by atoms with van der Waals surface area (Å²) in [7, 11) is 0. The van der Waals surface area contributed by atoms with Crippen molar-refractivity contribution in [1.29, 1.82) is 0 Å². The van der Waals surface area contributed by atoms with Crippen molar-refractivity contribution in [2.24, 2.45) is 0 Å². The first kappa shape index (κ1) is 22.6. The number of anilines is 1. The molecule has 1 amide bonds. The summed E-state index contributed by atoms with van der Waals surface area (Å²) in [5.74, 6) is -0.732. The van der Waals surface area contributed by atoms with Gasteiger partial charge in [0.15, 0.2) is 0 Å². The highest BCUT2D eigenvalue weighted by Gasteiger charge is 2.31. The van der Waals surface area contributed by atoms with Crippen LogP contribution in [0.3, 0.4) is 0 Å². The highest BCUT2D eigenvalue weighted by Crippen LogP contribution is 2.33. The maximum atomic E-state index is 12.9. The van der Waals surface area contributed by atoms with Crippen molar-refractivity contribution in [2.45, 2.75) is 33.5 Å². The van der Waals surface area contributed by atoms with Gasteiger partial charge in [-0.1, -0.05) is 17.7 Å². The predicted octanol–water partition coefficient (Wildman–Crippen LogP) is 5.15. The van der Waals surface area contributed by atoms with Gasteiger partial charge in [-0.25, -0.2) is 4.68 Å². The van der Waals surface area contributed by atoms with Gasteiger partial charge in [-0.15, -0.1) is 0 Å². The van der Waals surface area contributed by atoms with Crippen molar-refractivity contribution in [3.63, 3.8) is 0 Å². The van der Waals surface area contributed by atoms with Crippen LogP contribution >= 0.6 is 11.6 Å². The summed E-state index contributed by atoms with van der Waals surface area (Å²) in [4.78, 5) is 24.6. The molecule has 31 heavy (non-hydrogen) atoms. The predicted molar refractivity (Wildman–Crippen MR) is 113 cm³/mol. The molecule has 0 aliphatic heterocycles. The molecule has 2 aromatic carbocycles. The Labute approximate surface area is 181 Å². The van der Waals surface area contributed by atoms with Crippen molar-refractivity contribution < 1.29 is 18.0 Å². The Balaban J connectivity index is 1.87. The first-order chi connectivity index (χ1) is 14.5. The lowest BCUT2D eigenvalue weighted by molar-refractivity contribution is -0.137. The van der Waals surface area contributed by atoms with Crippen molar-refractivity contribution in [1.82, 2.24) is 9.78 Å². The Hall–Kier alpha value is -3.13. The molecule has 1 N–H and O–H groups in total. The summed E-state index contributed by atoms with van der Waals surface area (Å²) < 4.78 is 39.7. The van der Waals surface area contributed by atoms with Crippen LogP contribution in [0.15, 0.2) is 47.3 Å². The van der Waals surface area contributed by atoms with Gasteiger partial charge < -0.3 is 5.32 Å². The molecule has 0 unspecified atom stereocenters. The Morgan fingerprint density at radius 3 is 2.39 bits per heavy atom. The SMILES string of the molecule is Cc1cc(C)c(-c2ccc(=O)n(CC(=O)Nc3cc(C(F)(F)F)ccc3Cl)n2)cc1C. The number of hydrogen-bond donors (Lipinski definition) is 1. The zero-order valence-corrected chi connectivity index (χ0v) is 17.7. The monoisotopic (exact) mass is 449 g/mol. The molecule has 1 heterocycles. The largest absolute Gasteiger partial charge is 0.416 e. The van der Waals surface area contributed by atoms with Gasteiger partial charge in [0.25, 0.3) is 5.56 Å². The van der Waals surface area contributed by atoms with Crippen LogP contribution < -0.4 is 10.9 Å². The number of alkyl halides is 3. The lowest BCUT2D eigenvalue weighted by Crippen LogP contribution is -2.29. The van der Waals surface area contributed by atoms with Gasteiger partial charge in [0.2, 0.25) is 5.91 Å². The van der Waals surface area contributed by atoms with E-state index in [4.69, 9.17) is 11.6 Å². The molecular formula is C22H19ClF3N3O2. The van der Waals surface area contributed by atoms with E-state index in [-0.39, 0.29) is 10.7 Å². The first-order valence-corrected chi connectivity index (χ1v) is 9.66. The highest BCUT2D eigenvalue weighted by atomic mass is 35.5. The molecule has 0 saturated carbocycles. The summed E-state index contributed by atoms with van der Waals surface area (Å²) in [6.45, 7) is 5.38. The molecule has 0 aliphatic rings. The number of rotatable bonds is 4. The van der Waals surface area contributed by atoms with E-state index >= 15 is 0 Å². The number of nitrogens with zero attached hydrogens (tertiary/aromatic N) is 2. The summed E-state index contributed by atoms with van der Waals surface area (Å²) in [5.41, 5.74) is 2.79. The molecule has 0 aliphatic carbocycles. The Bertz CT molecular complexity index is 1220. The molecule has 9 heteroatoms. The number of nitrogens with one attached hydrogen (secondary N) is 1. The van der Waals surface area contributed by atoms with E-state index in [2.05, 4.69) is 10.4 Å². The topological polar surface area (TPSA) is 64.0 Å². The van der Waals surface area contributed by atoms with Gasteiger partial charge in [-0.3, -0.25) is 9.59 Å². The second-order valence-corrected chi connectivity index (χ2v) is 7.61. The fraction of sp³-hybridized carbons (Fsp3) is 0.227. The van der Waals surface area contributed by atoms with E-state index in [0.717, 1.165) is 45.1 Å². The third-order valence-corrected chi connectivity index (χ3v) is 5.17. The number of aryl methyl sites for hydroxylation is 3. The van der Waals surface area contributed by atoms with Crippen molar-refractivity contribution >= 4 is 23.2 Å². The second kappa shape index (κ2) is 8.55. The molecule has 0 atom stereocenters. The van der Waals surface area contributed by atoms with E-state index in [1.807, 2.05) is 32.9 Å². The third kappa shape index (κ3) is 5.14. The molecular weight excluding hydrogens is 431 g/mol. The Morgan fingerprint density at radius 2 is 1.71 bits per heavy atom. The van der Waals surface area contributed by atoms with Gasteiger partial charge in [-0.05, 0) is 67.8 Å². The minimum Gasteiger partial charge on any atom is -0.323 e. The summed E-state index contributed by atoms with van der Waals surface area (Å²) in [5, 5.41) is 6.53. The van der Waals surface area contributed by atoms with Crippen LogP contribution in [0.2, 0.25) is 5.02 Å². The van der Waals surface area contributed by atoms with Gasteiger partial charge in [-0.2, -0.15) is 18.3 Å². The average molecular weight is 450 g/mol.